The number of rotatable bonds is 4. The van der Waals surface area contributed by atoms with E-state index < -0.39 is 21.8 Å². The van der Waals surface area contributed by atoms with Gasteiger partial charge in [0.25, 0.3) is 0 Å². The minimum absolute atomic E-state index is 0.103. The maximum atomic E-state index is 11.6. The number of methoxy groups -OCH3 is 1. The van der Waals surface area contributed by atoms with E-state index in [0.29, 0.717) is 0 Å². The standard InChI is InChI=1S/C7H15ClN2O4S/c1-7(2,5-8)10(3)15(12,13)9-6(11)14-4/h5H2,1-4H3,(H,9,11). The second-order valence-corrected chi connectivity index (χ2v) is 5.48. The Morgan fingerprint density at radius 1 is 1.53 bits per heavy atom. The van der Waals surface area contributed by atoms with E-state index in [-0.39, 0.29) is 5.88 Å². The van der Waals surface area contributed by atoms with Crippen molar-refractivity contribution in [2.45, 2.75) is 19.4 Å². The predicted octanol–water partition coefficient (Wildman–Crippen LogP) is 0.536. The van der Waals surface area contributed by atoms with Crippen LogP contribution in [0.5, 0.6) is 0 Å². The molecule has 8 heteroatoms. The van der Waals surface area contributed by atoms with E-state index >= 15 is 0 Å². The molecule has 0 radical (unpaired) electrons. The van der Waals surface area contributed by atoms with Crippen LogP contribution < -0.4 is 4.72 Å². The van der Waals surface area contributed by atoms with Gasteiger partial charge in [-0.3, -0.25) is 0 Å². The molecule has 0 atom stereocenters. The minimum Gasteiger partial charge on any atom is -0.452 e. The van der Waals surface area contributed by atoms with Crippen LogP contribution in [0.2, 0.25) is 0 Å². The van der Waals surface area contributed by atoms with Crippen molar-refractivity contribution in [3.8, 4) is 0 Å². The maximum Gasteiger partial charge on any atom is 0.421 e. The van der Waals surface area contributed by atoms with E-state index in [0.717, 1.165) is 11.4 Å². The Hall–Kier alpha value is -0.530. The molecule has 0 unspecified atom stereocenters. The lowest BCUT2D eigenvalue weighted by molar-refractivity contribution is 0.176. The van der Waals surface area contributed by atoms with Crippen LogP contribution in [0.1, 0.15) is 13.8 Å². The van der Waals surface area contributed by atoms with Crippen molar-refractivity contribution in [3.63, 3.8) is 0 Å². The molecule has 0 aliphatic heterocycles. The Bertz CT molecular complexity index is 328. The number of amides is 1. The summed E-state index contributed by atoms with van der Waals surface area (Å²) in [7, 11) is -1.51. The molecule has 0 rings (SSSR count). The van der Waals surface area contributed by atoms with E-state index in [1.165, 1.54) is 7.05 Å². The topological polar surface area (TPSA) is 75.7 Å². The highest BCUT2D eigenvalue weighted by atomic mass is 35.5. The molecular weight excluding hydrogens is 244 g/mol. The zero-order valence-electron chi connectivity index (χ0n) is 9.07. The lowest BCUT2D eigenvalue weighted by Gasteiger charge is -2.32. The van der Waals surface area contributed by atoms with Gasteiger partial charge in [0.1, 0.15) is 0 Å². The van der Waals surface area contributed by atoms with Crippen molar-refractivity contribution in [1.29, 1.82) is 0 Å². The molecule has 0 spiro atoms. The molecular formula is C7H15ClN2O4S. The molecule has 0 aromatic carbocycles. The van der Waals surface area contributed by atoms with Crippen LogP contribution in [-0.2, 0) is 14.9 Å². The van der Waals surface area contributed by atoms with Gasteiger partial charge in [0.15, 0.2) is 0 Å². The van der Waals surface area contributed by atoms with Crippen LogP contribution in [0.3, 0.4) is 0 Å². The third kappa shape index (κ3) is 3.84. The van der Waals surface area contributed by atoms with Gasteiger partial charge in [-0.1, -0.05) is 0 Å². The van der Waals surface area contributed by atoms with Crippen molar-refractivity contribution in [2.24, 2.45) is 0 Å². The van der Waals surface area contributed by atoms with Crippen LogP contribution in [0.15, 0.2) is 0 Å². The summed E-state index contributed by atoms with van der Waals surface area (Å²) in [5, 5.41) is 0. The van der Waals surface area contributed by atoms with E-state index in [1.54, 1.807) is 18.6 Å². The van der Waals surface area contributed by atoms with Crippen molar-refractivity contribution in [3.05, 3.63) is 0 Å². The second-order valence-electron chi connectivity index (χ2n) is 3.51. The van der Waals surface area contributed by atoms with Crippen LogP contribution in [0, 0.1) is 0 Å². The first-order valence-electron chi connectivity index (χ1n) is 4.08. The fraction of sp³-hybridized carbons (Fsp3) is 0.857. The highest BCUT2D eigenvalue weighted by Gasteiger charge is 2.33. The van der Waals surface area contributed by atoms with Gasteiger partial charge in [0.05, 0.1) is 7.11 Å². The third-order valence-electron chi connectivity index (χ3n) is 1.94. The second kappa shape index (κ2) is 5.00. The first-order chi connectivity index (χ1) is 6.67. The number of carbonyl (C=O) groups excluding carboxylic acids is 1. The first kappa shape index (κ1) is 14.5. The largest absolute Gasteiger partial charge is 0.452 e. The molecule has 0 saturated carbocycles. The molecule has 0 aliphatic carbocycles. The summed E-state index contributed by atoms with van der Waals surface area (Å²) in [5.74, 6) is 0.103. The number of halogens is 1. The number of hydrogen-bond acceptors (Lipinski definition) is 4. The highest BCUT2D eigenvalue weighted by molar-refractivity contribution is 7.87. The number of alkyl halides is 1. The average Bonchev–Trinajstić information content (AvgIpc) is 2.15. The molecule has 0 fully saturated rings. The van der Waals surface area contributed by atoms with E-state index in [9.17, 15) is 13.2 Å². The SMILES string of the molecule is COC(=O)NS(=O)(=O)N(C)C(C)(C)CCl. The van der Waals surface area contributed by atoms with Crippen molar-refractivity contribution in [2.75, 3.05) is 20.0 Å². The van der Waals surface area contributed by atoms with Gasteiger partial charge in [-0.2, -0.15) is 12.7 Å². The summed E-state index contributed by atoms with van der Waals surface area (Å²) in [5.41, 5.74) is -0.790. The number of nitrogens with zero attached hydrogens (tertiary/aromatic N) is 1. The molecule has 6 nitrogen and oxygen atoms in total. The molecule has 0 bridgehead atoms. The number of ether oxygens (including phenoxy) is 1. The molecule has 0 aromatic heterocycles. The molecule has 0 saturated heterocycles. The van der Waals surface area contributed by atoms with E-state index in [4.69, 9.17) is 11.6 Å². The van der Waals surface area contributed by atoms with E-state index in [2.05, 4.69) is 4.74 Å². The van der Waals surface area contributed by atoms with Crippen molar-refractivity contribution in [1.82, 2.24) is 9.03 Å². The van der Waals surface area contributed by atoms with E-state index in [1.807, 2.05) is 0 Å². The maximum absolute atomic E-state index is 11.6. The molecule has 90 valence electrons. The minimum atomic E-state index is -3.92. The van der Waals surface area contributed by atoms with Crippen LogP contribution >= 0.6 is 11.6 Å². The summed E-state index contributed by atoms with van der Waals surface area (Å²) < 4.78 is 30.0. The molecule has 1 N–H and O–H groups in total. The zero-order valence-corrected chi connectivity index (χ0v) is 10.6. The fourth-order valence-corrected chi connectivity index (χ4v) is 2.02. The van der Waals surface area contributed by atoms with Crippen molar-refractivity contribution >= 4 is 27.9 Å². The number of carbonyl (C=O) groups is 1. The fourth-order valence-electron chi connectivity index (χ4n) is 0.625. The monoisotopic (exact) mass is 258 g/mol. The smallest absolute Gasteiger partial charge is 0.421 e. The normalized spacial score (nSPS) is 12.7. The summed E-state index contributed by atoms with van der Waals surface area (Å²) in [6.45, 7) is 3.27. The van der Waals surface area contributed by atoms with Gasteiger partial charge >= 0.3 is 16.3 Å². The van der Waals surface area contributed by atoms with Gasteiger partial charge in [0.2, 0.25) is 0 Å². The highest BCUT2D eigenvalue weighted by Crippen LogP contribution is 2.16. The molecule has 1 amide bonds. The Balaban J connectivity index is 4.82. The Morgan fingerprint density at radius 2 is 2.00 bits per heavy atom. The molecule has 15 heavy (non-hydrogen) atoms. The molecule has 0 aliphatic rings. The summed E-state index contributed by atoms with van der Waals surface area (Å²) in [6.07, 6.45) is -1.03. The summed E-state index contributed by atoms with van der Waals surface area (Å²) >= 11 is 5.61. The van der Waals surface area contributed by atoms with Crippen LogP contribution in [0.25, 0.3) is 0 Å². The van der Waals surface area contributed by atoms with Crippen LogP contribution in [-0.4, -0.2) is 44.4 Å². The lowest BCUT2D eigenvalue weighted by Crippen LogP contribution is -2.52. The van der Waals surface area contributed by atoms with Gasteiger partial charge in [0, 0.05) is 18.5 Å². The third-order valence-corrected chi connectivity index (χ3v) is 4.23. The van der Waals surface area contributed by atoms with Crippen LogP contribution in [0.4, 0.5) is 4.79 Å². The number of hydrogen-bond donors (Lipinski definition) is 1. The van der Waals surface area contributed by atoms with Gasteiger partial charge in [-0.15, -0.1) is 11.6 Å². The Morgan fingerprint density at radius 3 is 2.33 bits per heavy atom. The predicted molar refractivity (Wildman–Crippen MR) is 57.0 cm³/mol. The lowest BCUT2D eigenvalue weighted by atomic mass is 10.1. The first-order valence-corrected chi connectivity index (χ1v) is 6.05. The molecule has 0 heterocycles. The van der Waals surface area contributed by atoms with Gasteiger partial charge < -0.3 is 4.74 Å². The van der Waals surface area contributed by atoms with Gasteiger partial charge in [-0.05, 0) is 13.8 Å². The average molecular weight is 259 g/mol. The van der Waals surface area contributed by atoms with Gasteiger partial charge in [-0.25, -0.2) is 9.52 Å². The quantitative estimate of drug-likeness (QED) is 0.747. The summed E-state index contributed by atoms with van der Waals surface area (Å²) in [6, 6.07) is 0. The summed E-state index contributed by atoms with van der Waals surface area (Å²) in [4.78, 5) is 10.8. The zero-order chi connectivity index (χ0) is 12.3. The Labute approximate surface area is 94.7 Å². The van der Waals surface area contributed by atoms with Crippen molar-refractivity contribution < 1.29 is 17.9 Å². The molecule has 0 aromatic rings. The number of nitrogens with one attached hydrogen (secondary N) is 1. The Kier molecular flexibility index (Phi) is 4.82.